The molecule has 0 aliphatic heterocycles. The van der Waals surface area contributed by atoms with Gasteiger partial charge in [0.2, 0.25) is 10.0 Å². The SMILES string of the molecule is O=C(Nc1ccc(F)cc1)c1cccc(NS(=O)(=O)C2CCCC2)c1. The third-order valence-corrected chi connectivity index (χ3v) is 6.10. The predicted octanol–water partition coefficient (Wildman–Crippen LogP) is 3.76. The molecule has 2 N–H and O–H groups in total. The summed E-state index contributed by atoms with van der Waals surface area (Å²) in [6.45, 7) is 0. The molecule has 0 bridgehead atoms. The molecule has 1 aliphatic carbocycles. The fourth-order valence-corrected chi connectivity index (χ4v) is 4.48. The van der Waals surface area contributed by atoms with Crippen molar-refractivity contribution in [1.29, 1.82) is 0 Å². The average Bonchev–Trinajstić information content (AvgIpc) is 3.12. The van der Waals surface area contributed by atoms with Crippen LogP contribution in [0.15, 0.2) is 48.5 Å². The van der Waals surface area contributed by atoms with Gasteiger partial charge in [-0.25, -0.2) is 12.8 Å². The number of carbonyl (C=O) groups is 1. The zero-order chi connectivity index (χ0) is 17.9. The van der Waals surface area contributed by atoms with E-state index in [-0.39, 0.29) is 11.1 Å². The summed E-state index contributed by atoms with van der Waals surface area (Å²) in [7, 11) is -3.44. The Kier molecular flexibility index (Phi) is 5.03. The van der Waals surface area contributed by atoms with Crippen molar-refractivity contribution in [1.82, 2.24) is 0 Å². The number of anilines is 2. The summed E-state index contributed by atoms with van der Waals surface area (Å²) in [6.07, 6.45) is 3.18. The van der Waals surface area contributed by atoms with Crippen molar-refractivity contribution < 1.29 is 17.6 Å². The average molecular weight is 362 g/mol. The van der Waals surface area contributed by atoms with Gasteiger partial charge in [0.15, 0.2) is 0 Å². The number of nitrogens with one attached hydrogen (secondary N) is 2. The molecule has 1 saturated carbocycles. The van der Waals surface area contributed by atoms with Crippen LogP contribution in [-0.4, -0.2) is 19.6 Å². The topological polar surface area (TPSA) is 75.3 Å². The lowest BCUT2D eigenvalue weighted by atomic mass is 10.2. The van der Waals surface area contributed by atoms with Gasteiger partial charge in [-0.05, 0) is 55.3 Å². The largest absolute Gasteiger partial charge is 0.322 e. The molecule has 25 heavy (non-hydrogen) atoms. The van der Waals surface area contributed by atoms with E-state index in [1.165, 1.54) is 30.3 Å². The molecule has 5 nitrogen and oxygen atoms in total. The number of amides is 1. The van der Waals surface area contributed by atoms with Crippen LogP contribution in [0.1, 0.15) is 36.0 Å². The molecule has 0 saturated heterocycles. The first-order chi connectivity index (χ1) is 11.9. The molecule has 1 fully saturated rings. The fraction of sp³-hybridized carbons (Fsp3) is 0.278. The van der Waals surface area contributed by atoms with Crippen LogP contribution in [0.4, 0.5) is 15.8 Å². The molecule has 7 heteroatoms. The monoisotopic (exact) mass is 362 g/mol. The van der Waals surface area contributed by atoms with Crippen LogP contribution >= 0.6 is 0 Å². The first-order valence-electron chi connectivity index (χ1n) is 8.13. The normalized spacial score (nSPS) is 15.1. The highest BCUT2D eigenvalue weighted by Crippen LogP contribution is 2.26. The lowest BCUT2D eigenvalue weighted by molar-refractivity contribution is 0.102. The highest BCUT2D eigenvalue weighted by molar-refractivity contribution is 7.93. The van der Waals surface area contributed by atoms with Crippen LogP contribution in [0.3, 0.4) is 0 Å². The zero-order valence-corrected chi connectivity index (χ0v) is 14.4. The summed E-state index contributed by atoms with van der Waals surface area (Å²) >= 11 is 0. The maximum Gasteiger partial charge on any atom is 0.255 e. The van der Waals surface area contributed by atoms with Crippen LogP contribution < -0.4 is 10.0 Å². The van der Waals surface area contributed by atoms with Crippen molar-refractivity contribution >= 4 is 27.3 Å². The number of hydrogen-bond acceptors (Lipinski definition) is 3. The quantitative estimate of drug-likeness (QED) is 0.850. The first-order valence-corrected chi connectivity index (χ1v) is 9.67. The predicted molar refractivity (Wildman–Crippen MR) is 95.6 cm³/mol. The van der Waals surface area contributed by atoms with Crippen molar-refractivity contribution in [3.8, 4) is 0 Å². The minimum Gasteiger partial charge on any atom is -0.322 e. The molecular formula is C18H19FN2O3S. The standard InChI is InChI=1S/C18H19FN2O3S/c19-14-8-10-15(11-9-14)20-18(22)13-4-3-5-16(12-13)21-25(23,24)17-6-1-2-7-17/h3-5,8-12,17,21H,1-2,6-7H2,(H,20,22). The minimum atomic E-state index is -3.44. The molecule has 0 spiro atoms. The molecule has 2 aromatic rings. The van der Waals surface area contributed by atoms with Gasteiger partial charge in [0.05, 0.1) is 5.25 Å². The molecule has 0 heterocycles. The van der Waals surface area contributed by atoms with E-state index >= 15 is 0 Å². The van der Waals surface area contributed by atoms with E-state index in [0.717, 1.165) is 12.8 Å². The smallest absolute Gasteiger partial charge is 0.255 e. The van der Waals surface area contributed by atoms with E-state index < -0.39 is 15.9 Å². The summed E-state index contributed by atoms with van der Waals surface area (Å²) in [5, 5.41) is 2.28. The van der Waals surface area contributed by atoms with Gasteiger partial charge in [0.25, 0.3) is 5.91 Å². The van der Waals surface area contributed by atoms with Crippen molar-refractivity contribution in [2.45, 2.75) is 30.9 Å². The molecule has 0 radical (unpaired) electrons. The highest BCUT2D eigenvalue weighted by Gasteiger charge is 2.28. The first kappa shape index (κ1) is 17.4. The Morgan fingerprint density at radius 1 is 1.00 bits per heavy atom. The minimum absolute atomic E-state index is 0.316. The second-order valence-electron chi connectivity index (χ2n) is 6.10. The Bertz CT molecular complexity index is 860. The van der Waals surface area contributed by atoms with Gasteiger partial charge in [0, 0.05) is 16.9 Å². The van der Waals surface area contributed by atoms with Gasteiger partial charge >= 0.3 is 0 Å². The lowest BCUT2D eigenvalue weighted by Gasteiger charge is -2.14. The maximum atomic E-state index is 12.9. The summed E-state index contributed by atoms with van der Waals surface area (Å²) in [5.41, 5.74) is 1.14. The maximum absolute atomic E-state index is 12.9. The van der Waals surface area contributed by atoms with Gasteiger partial charge in [-0.3, -0.25) is 9.52 Å². The summed E-state index contributed by atoms with van der Waals surface area (Å²) in [5.74, 6) is -0.783. The number of benzene rings is 2. The molecule has 2 aromatic carbocycles. The van der Waals surface area contributed by atoms with Crippen molar-refractivity contribution in [3.05, 3.63) is 59.9 Å². The Hall–Kier alpha value is -2.41. The number of halogens is 1. The van der Waals surface area contributed by atoms with E-state index in [2.05, 4.69) is 10.0 Å². The molecule has 0 unspecified atom stereocenters. The molecule has 1 aliphatic rings. The number of sulfonamides is 1. The van der Waals surface area contributed by atoms with Gasteiger partial charge in [-0.15, -0.1) is 0 Å². The molecule has 1 amide bonds. The fourth-order valence-electron chi connectivity index (χ4n) is 2.91. The van der Waals surface area contributed by atoms with Crippen LogP contribution in [0.5, 0.6) is 0 Å². The van der Waals surface area contributed by atoms with E-state index in [1.54, 1.807) is 18.2 Å². The van der Waals surface area contributed by atoms with Crippen LogP contribution in [0.25, 0.3) is 0 Å². The van der Waals surface area contributed by atoms with Gasteiger partial charge in [-0.2, -0.15) is 0 Å². The van der Waals surface area contributed by atoms with Crippen LogP contribution in [0, 0.1) is 5.82 Å². The molecule has 0 aromatic heterocycles. The van der Waals surface area contributed by atoms with Gasteiger partial charge in [-0.1, -0.05) is 18.9 Å². The third kappa shape index (κ3) is 4.36. The molecule has 132 valence electrons. The van der Waals surface area contributed by atoms with Crippen LogP contribution in [-0.2, 0) is 10.0 Å². The summed E-state index contributed by atoms with van der Waals surface area (Å²) in [6, 6.07) is 11.7. The Labute approximate surface area is 146 Å². The second kappa shape index (κ2) is 7.23. The van der Waals surface area contributed by atoms with Gasteiger partial charge < -0.3 is 5.32 Å². The van der Waals surface area contributed by atoms with E-state index in [1.807, 2.05) is 0 Å². The molecule has 3 rings (SSSR count). The van der Waals surface area contributed by atoms with Crippen molar-refractivity contribution in [3.63, 3.8) is 0 Å². The van der Waals surface area contributed by atoms with Gasteiger partial charge in [0.1, 0.15) is 5.82 Å². The van der Waals surface area contributed by atoms with Crippen LogP contribution in [0.2, 0.25) is 0 Å². The van der Waals surface area contributed by atoms with E-state index in [4.69, 9.17) is 0 Å². The third-order valence-electron chi connectivity index (χ3n) is 4.23. The Balaban J connectivity index is 1.72. The molecule has 0 atom stereocenters. The van der Waals surface area contributed by atoms with Crippen molar-refractivity contribution in [2.75, 3.05) is 10.0 Å². The second-order valence-corrected chi connectivity index (χ2v) is 8.06. The Morgan fingerprint density at radius 2 is 1.68 bits per heavy atom. The Morgan fingerprint density at radius 3 is 2.36 bits per heavy atom. The van der Waals surface area contributed by atoms with E-state index in [9.17, 15) is 17.6 Å². The number of rotatable bonds is 5. The van der Waals surface area contributed by atoms with E-state index in [0.29, 0.717) is 29.8 Å². The zero-order valence-electron chi connectivity index (χ0n) is 13.5. The number of hydrogen-bond donors (Lipinski definition) is 2. The highest BCUT2D eigenvalue weighted by atomic mass is 32.2. The number of carbonyl (C=O) groups excluding carboxylic acids is 1. The summed E-state index contributed by atoms with van der Waals surface area (Å²) in [4.78, 5) is 12.3. The van der Waals surface area contributed by atoms with Crippen molar-refractivity contribution in [2.24, 2.45) is 0 Å². The molecular weight excluding hydrogens is 343 g/mol. The lowest BCUT2D eigenvalue weighted by Crippen LogP contribution is -2.25. The summed E-state index contributed by atoms with van der Waals surface area (Å²) < 4.78 is 40.2.